The maximum atomic E-state index is 12.0. The molecule has 2 heterocycles. The van der Waals surface area contributed by atoms with Crippen molar-refractivity contribution < 1.29 is 4.79 Å². The number of aryl methyl sites for hydroxylation is 1. The lowest BCUT2D eigenvalue weighted by atomic mass is 10.2. The molecule has 3 aromatic rings. The van der Waals surface area contributed by atoms with Gasteiger partial charge in [0.15, 0.2) is 0 Å². The van der Waals surface area contributed by atoms with Crippen LogP contribution in [0.2, 0.25) is 0 Å². The smallest absolute Gasteiger partial charge is 0.244 e. The van der Waals surface area contributed by atoms with Crippen molar-refractivity contribution in [3.05, 3.63) is 53.6 Å². The van der Waals surface area contributed by atoms with Gasteiger partial charge in [0.1, 0.15) is 5.82 Å². The number of carbonyl (C=O) groups is 1. The Bertz CT molecular complexity index is 911. The number of aromatic nitrogens is 4. The van der Waals surface area contributed by atoms with Gasteiger partial charge in [0, 0.05) is 38.1 Å². The molecule has 0 aliphatic heterocycles. The van der Waals surface area contributed by atoms with Gasteiger partial charge in [0.25, 0.3) is 0 Å². The van der Waals surface area contributed by atoms with E-state index >= 15 is 0 Å². The maximum Gasteiger partial charge on any atom is 0.244 e. The van der Waals surface area contributed by atoms with Crippen molar-refractivity contribution in [2.45, 2.75) is 13.5 Å². The average molecular weight is 336 g/mol. The number of hydrogen-bond acceptors (Lipinski definition) is 5. The lowest BCUT2D eigenvalue weighted by Gasteiger charge is -2.08. The van der Waals surface area contributed by atoms with E-state index in [0.29, 0.717) is 12.5 Å². The number of amides is 1. The Morgan fingerprint density at radius 1 is 1.28 bits per heavy atom. The Hall–Kier alpha value is -3.22. The summed E-state index contributed by atoms with van der Waals surface area (Å²) in [6.07, 6.45) is 6.49. The zero-order valence-electron chi connectivity index (χ0n) is 14.4. The van der Waals surface area contributed by atoms with Gasteiger partial charge in [-0.1, -0.05) is 12.1 Å². The van der Waals surface area contributed by atoms with Crippen molar-refractivity contribution in [2.24, 2.45) is 0 Å². The minimum absolute atomic E-state index is 0.200. The van der Waals surface area contributed by atoms with Gasteiger partial charge < -0.3 is 15.2 Å². The van der Waals surface area contributed by atoms with E-state index in [1.54, 1.807) is 18.5 Å². The fraction of sp³-hybridized carbons (Fsp3) is 0.222. The number of nitrogens with zero attached hydrogens (tertiary/aromatic N) is 4. The van der Waals surface area contributed by atoms with Crippen molar-refractivity contribution in [3.63, 3.8) is 0 Å². The average Bonchev–Trinajstić information content (AvgIpc) is 3.03. The van der Waals surface area contributed by atoms with Gasteiger partial charge in [-0.3, -0.25) is 4.79 Å². The second-order valence-corrected chi connectivity index (χ2v) is 5.92. The molecule has 0 saturated heterocycles. The number of fused-ring (bicyclic) bond motifs is 1. The summed E-state index contributed by atoms with van der Waals surface area (Å²) in [5, 5.41) is 2.81. The summed E-state index contributed by atoms with van der Waals surface area (Å²) in [5.41, 5.74) is 3.77. The second kappa shape index (κ2) is 7.12. The van der Waals surface area contributed by atoms with Crippen LogP contribution in [0.25, 0.3) is 17.1 Å². The quantitative estimate of drug-likeness (QED) is 0.697. The van der Waals surface area contributed by atoms with Gasteiger partial charge in [-0.15, -0.1) is 0 Å². The number of para-hydroxylation sites is 1. The SMILES string of the molecule is Cc1cccc2[nH]c(CNC(=O)/C=C/c3cnc(N(C)C)nc3)nc12. The highest BCUT2D eigenvalue weighted by molar-refractivity contribution is 5.91. The zero-order chi connectivity index (χ0) is 17.8. The first kappa shape index (κ1) is 16.6. The van der Waals surface area contributed by atoms with Crippen molar-refractivity contribution in [1.82, 2.24) is 25.3 Å². The molecule has 1 aromatic carbocycles. The highest BCUT2D eigenvalue weighted by Crippen LogP contribution is 2.15. The molecular formula is C18H20N6O. The summed E-state index contributed by atoms with van der Waals surface area (Å²) < 4.78 is 0. The Morgan fingerprint density at radius 3 is 2.72 bits per heavy atom. The predicted octanol–water partition coefficient (Wildman–Crippen LogP) is 2.06. The Balaban J connectivity index is 1.59. The molecule has 0 spiro atoms. The second-order valence-electron chi connectivity index (χ2n) is 5.92. The number of hydrogen-bond donors (Lipinski definition) is 2. The third-order valence-corrected chi connectivity index (χ3v) is 3.68. The van der Waals surface area contributed by atoms with Gasteiger partial charge in [-0.2, -0.15) is 0 Å². The lowest BCUT2D eigenvalue weighted by Crippen LogP contribution is -2.20. The van der Waals surface area contributed by atoms with Crippen LogP contribution in [0.3, 0.4) is 0 Å². The summed E-state index contributed by atoms with van der Waals surface area (Å²) >= 11 is 0. The Labute approximate surface area is 145 Å². The first-order chi connectivity index (χ1) is 12.0. The molecule has 7 heteroatoms. The molecule has 0 fully saturated rings. The van der Waals surface area contributed by atoms with Gasteiger partial charge >= 0.3 is 0 Å². The molecule has 0 aliphatic carbocycles. The first-order valence-electron chi connectivity index (χ1n) is 7.92. The van der Waals surface area contributed by atoms with Crippen LogP contribution in [-0.2, 0) is 11.3 Å². The van der Waals surface area contributed by atoms with E-state index < -0.39 is 0 Å². The fourth-order valence-corrected chi connectivity index (χ4v) is 2.36. The number of anilines is 1. The molecule has 0 unspecified atom stereocenters. The summed E-state index contributed by atoms with van der Waals surface area (Å²) in [5.74, 6) is 1.15. The number of benzene rings is 1. The van der Waals surface area contributed by atoms with Gasteiger partial charge in [0.05, 0.1) is 17.6 Å². The fourth-order valence-electron chi connectivity index (χ4n) is 2.36. The minimum atomic E-state index is -0.200. The van der Waals surface area contributed by atoms with E-state index in [0.717, 1.165) is 28.0 Å². The monoisotopic (exact) mass is 336 g/mol. The normalized spacial score (nSPS) is 11.2. The van der Waals surface area contributed by atoms with E-state index in [2.05, 4.69) is 25.3 Å². The van der Waals surface area contributed by atoms with Crippen molar-refractivity contribution in [2.75, 3.05) is 19.0 Å². The Morgan fingerprint density at radius 2 is 2.04 bits per heavy atom. The highest BCUT2D eigenvalue weighted by atomic mass is 16.1. The molecule has 0 aliphatic rings. The number of H-pyrrole nitrogens is 1. The summed E-state index contributed by atoms with van der Waals surface area (Å²) in [4.78, 5) is 29.9. The van der Waals surface area contributed by atoms with Crippen LogP contribution in [0.15, 0.2) is 36.7 Å². The van der Waals surface area contributed by atoms with Crippen molar-refractivity contribution >= 4 is 29.0 Å². The number of aromatic amines is 1. The van der Waals surface area contributed by atoms with Gasteiger partial charge in [0.2, 0.25) is 11.9 Å². The van der Waals surface area contributed by atoms with E-state index in [1.807, 2.05) is 44.1 Å². The maximum absolute atomic E-state index is 12.0. The van der Waals surface area contributed by atoms with Crippen LogP contribution in [0.4, 0.5) is 5.95 Å². The van der Waals surface area contributed by atoms with Crippen LogP contribution >= 0.6 is 0 Å². The van der Waals surface area contributed by atoms with Crippen LogP contribution in [0, 0.1) is 6.92 Å². The summed E-state index contributed by atoms with van der Waals surface area (Å²) in [6, 6.07) is 5.96. The third kappa shape index (κ3) is 4.00. The molecule has 3 rings (SSSR count). The standard InChI is InChI=1S/C18H20N6O/c1-12-5-4-6-14-17(12)23-15(22-14)11-19-16(25)8-7-13-9-20-18(21-10-13)24(2)3/h4-10H,11H2,1-3H3,(H,19,25)(H,22,23)/b8-7+. The molecule has 0 atom stereocenters. The first-order valence-corrected chi connectivity index (χ1v) is 7.92. The Kier molecular flexibility index (Phi) is 4.74. The molecule has 0 bridgehead atoms. The predicted molar refractivity (Wildman–Crippen MR) is 98.1 cm³/mol. The zero-order valence-corrected chi connectivity index (χ0v) is 14.4. The third-order valence-electron chi connectivity index (χ3n) is 3.68. The number of rotatable bonds is 5. The lowest BCUT2D eigenvalue weighted by molar-refractivity contribution is -0.116. The largest absolute Gasteiger partial charge is 0.347 e. The van der Waals surface area contributed by atoms with Gasteiger partial charge in [-0.25, -0.2) is 15.0 Å². The van der Waals surface area contributed by atoms with Crippen LogP contribution in [0.1, 0.15) is 17.0 Å². The van der Waals surface area contributed by atoms with Crippen LogP contribution < -0.4 is 10.2 Å². The molecule has 0 saturated carbocycles. The number of nitrogens with one attached hydrogen (secondary N) is 2. The van der Waals surface area contributed by atoms with Crippen LogP contribution in [0.5, 0.6) is 0 Å². The number of imidazole rings is 1. The van der Waals surface area contributed by atoms with E-state index in [-0.39, 0.29) is 5.91 Å². The summed E-state index contributed by atoms with van der Waals surface area (Å²) in [7, 11) is 3.75. The molecule has 1 amide bonds. The minimum Gasteiger partial charge on any atom is -0.347 e. The van der Waals surface area contributed by atoms with Crippen molar-refractivity contribution in [3.8, 4) is 0 Å². The molecule has 7 nitrogen and oxygen atoms in total. The molecule has 2 aromatic heterocycles. The molecular weight excluding hydrogens is 316 g/mol. The van der Waals surface area contributed by atoms with Gasteiger partial charge in [-0.05, 0) is 24.6 Å². The van der Waals surface area contributed by atoms with Crippen LogP contribution in [-0.4, -0.2) is 39.9 Å². The van der Waals surface area contributed by atoms with E-state index in [4.69, 9.17) is 0 Å². The number of carbonyl (C=O) groups excluding carboxylic acids is 1. The molecule has 25 heavy (non-hydrogen) atoms. The van der Waals surface area contributed by atoms with E-state index in [1.165, 1.54) is 6.08 Å². The van der Waals surface area contributed by atoms with E-state index in [9.17, 15) is 4.79 Å². The van der Waals surface area contributed by atoms with Crippen molar-refractivity contribution in [1.29, 1.82) is 0 Å². The topological polar surface area (TPSA) is 86.8 Å². The molecule has 2 N–H and O–H groups in total. The summed E-state index contributed by atoms with van der Waals surface area (Å²) in [6.45, 7) is 2.35. The molecule has 128 valence electrons. The molecule has 0 radical (unpaired) electrons. The highest BCUT2D eigenvalue weighted by Gasteiger charge is 2.05.